The molecule has 1 heterocycles. The first-order valence-corrected chi connectivity index (χ1v) is 7.72. The second-order valence-electron chi connectivity index (χ2n) is 6.15. The molecule has 1 aromatic carbocycles. The van der Waals surface area contributed by atoms with E-state index in [1.54, 1.807) is 0 Å². The minimum absolute atomic E-state index is 0.112. The molecule has 3 N–H and O–H groups in total. The van der Waals surface area contributed by atoms with Gasteiger partial charge < -0.3 is 11.1 Å². The molecule has 2 unspecified atom stereocenters. The average molecular weight is 291 g/mol. The molecule has 1 aliphatic carbocycles. The van der Waals surface area contributed by atoms with Crippen molar-refractivity contribution in [1.82, 2.24) is 4.90 Å². The molecule has 2 aliphatic rings. The molecule has 21 heavy (non-hydrogen) atoms. The Labute approximate surface area is 124 Å². The first-order chi connectivity index (χ1) is 10.1. The van der Waals surface area contributed by atoms with Crippen molar-refractivity contribution < 1.29 is 9.18 Å². The number of halogens is 1. The van der Waals surface area contributed by atoms with Crippen molar-refractivity contribution in [2.75, 3.05) is 24.1 Å². The van der Waals surface area contributed by atoms with E-state index in [0.29, 0.717) is 24.0 Å². The van der Waals surface area contributed by atoms with Crippen LogP contribution in [0.25, 0.3) is 0 Å². The average Bonchev–Trinajstić information content (AvgIpc) is 2.86. The van der Waals surface area contributed by atoms with E-state index in [9.17, 15) is 9.18 Å². The number of anilines is 2. The van der Waals surface area contributed by atoms with Crippen LogP contribution in [0.1, 0.15) is 32.1 Å². The maximum Gasteiger partial charge on any atom is 0.238 e. The van der Waals surface area contributed by atoms with Gasteiger partial charge in [-0.3, -0.25) is 9.69 Å². The molecule has 1 aromatic rings. The number of rotatable bonds is 3. The van der Waals surface area contributed by atoms with Gasteiger partial charge in [0.05, 0.1) is 17.9 Å². The summed E-state index contributed by atoms with van der Waals surface area (Å²) in [7, 11) is 0. The summed E-state index contributed by atoms with van der Waals surface area (Å²) in [6, 6.07) is 4.57. The minimum atomic E-state index is -0.395. The van der Waals surface area contributed by atoms with Crippen LogP contribution in [0.4, 0.5) is 15.8 Å². The quantitative estimate of drug-likeness (QED) is 0.842. The highest BCUT2D eigenvalue weighted by molar-refractivity contribution is 5.95. The molecule has 1 saturated heterocycles. The van der Waals surface area contributed by atoms with Crippen molar-refractivity contribution in [3.05, 3.63) is 24.0 Å². The normalized spacial score (nSPS) is 25.6. The van der Waals surface area contributed by atoms with E-state index in [1.165, 1.54) is 50.3 Å². The SMILES string of the molecule is Nc1ccc(F)cc1NC(=O)CN1CCC2CCCCC21. The van der Waals surface area contributed by atoms with Crippen molar-refractivity contribution in [2.24, 2.45) is 5.92 Å². The fourth-order valence-corrected chi connectivity index (χ4v) is 3.71. The maximum atomic E-state index is 13.2. The molecule has 0 bridgehead atoms. The van der Waals surface area contributed by atoms with Crippen LogP contribution in [0, 0.1) is 11.7 Å². The van der Waals surface area contributed by atoms with E-state index in [0.717, 1.165) is 12.5 Å². The molecule has 3 rings (SSSR count). The van der Waals surface area contributed by atoms with Crippen LogP contribution in [0.3, 0.4) is 0 Å². The Balaban J connectivity index is 1.60. The largest absolute Gasteiger partial charge is 0.397 e. The van der Waals surface area contributed by atoms with Crippen molar-refractivity contribution in [3.63, 3.8) is 0 Å². The summed E-state index contributed by atoms with van der Waals surface area (Å²) in [5.74, 6) is 0.248. The summed E-state index contributed by atoms with van der Waals surface area (Å²) in [5, 5.41) is 2.73. The summed E-state index contributed by atoms with van der Waals surface area (Å²) < 4.78 is 13.2. The molecule has 114 valence electrons. The van der Waals surface area contributed by atoms with Gasteiger partial charge in [-0.2, -0.15) is 0 Å². The zero-order valence-corrected chi connectivity index (χ0v) is 12.1. The predicted octanol–water partition coefficient (Wildman–Crippen LogP) is 2.61. The fraction of sp³-hybridized carbons (Fsp3) is 0.562. The molecule has 2 fully saturated rings. The molecule has 1 saturated carbocycles. The third kappa shape index (κ3) is 3.18. The highest BCUT2D eigenvalue weighted by atomic mass is 19.1. The Bertz CT molecular complexity index is 534. The van der Waals surface area contributed by atoms with Crippen molar-refractivity contribution in [2.45, 2.75) is 38.1 Å². The molecule has 1 aliphatic heterocycles. The Morgan fingerprint density at radius 2 is 2.14 bits per heavy atom. The second kappa shape index (κ2) is 6.02. The number of likely N-dealkylation sites (tertiary alicyclic amines) is 1. The van der Waals surface area contributed by atoms with Gasteiger partial charge in [0.25, 0.3) is 0 Å². The molecule has 4 nitrogen and oxygen atoms in total. The van der Waals surface area contributed by atoms with Gasteiger partial charge in [0.2, 0.25) is 5.91 Å². The van der Waals surface area contributed by atoms with Crippen molar-refractivity contribution in [1.29, 1.82) is 0 Å². The van der Waals surface area contributed by atoms with Crippen LogP contribution < -0.4 is 11.1 Å². The lowest BCUT2D eigenvalue weighted by molar-refractivity contribution is -0.117. The number of fused-ring (bicyclic) bond motifs is 1. The van der Waals surface area contributed by atoms with Gasteiger partial charge in [-0.1, -0.05) is 12.8 Å². The van der Waals surface area contributed by atoms with Gasteiger partial charge >= 0.3 is 0 Å². The van der Waals surface area contributed by atoms with Crippen LogP contribution >= 0.6 is 0 Å². The van der Waals surface area contributed by atoms with E-state index in [4.69, 9.17) is 5.73 Å². The lowest BCUT2D eigenvalue weighted by atomic mass is 9.85. The molecule has 0 radical (unpaired) electrons. The third-order valence-electron chi connectivity index (χ3n) is 4.76. The van der Waals surface area contributed by atoms with Gasteiger partial charge in [-0.05, 0) is 49.9 Å². The number of hydrogen-bond donors (Lipinski definition) is 2. The first kappa shape index (κ1) is 14.3. The molecule has 0 aromatic heterocycles. The van der Waals surface area contributed by atoms with Crippen LogP contribution in [0.2, 0.25) is 0 Å². The number of nitrogens with one attached hydrogen (secondary N) is 1. The number of nitrogens with zero attached hydrogens (tertiary/aromatic N) is 1. The Kier molecular flexibility index (Phi) is 4.10. The van der Waals surface area contributed by atoms with Gasteiger partial charge in [0, 0.05) is 6.04 Å². The maximum absolute atomic E-state index is 13.2. The van der Waals surface area contributed by atoms with E-state index in [1.807, 2.05) is 0 Å². The molecule has 5 heteroatoms. The number of nitrogens with two attached hydrogens (primary N) is 1. The molecule has 0 spiro atoms. The van der Waals surface area contributed by atoms with Crippen molar-refractivity contribution in [3.8, 4) is 0 Å². The van der Waals surface area contributed by atoms with Crippen LogP contribution in [0.15, 0.2) is 18.2 Å². The van der Waals surface area contributed by atoms with Crippen LogP contribution in [0.5, 0.6) is 0 Å². The number of amides is 1. The van der Waals surface area contributed by atoms with E-state index in [2.05, 4.69) is 10.2 Å². The smallest absolute Gasteiger partial charge is 0.238 e. The standard InChI is InChI=1S/C16H22FN3O/c17-12-5-6-13(18)14(9-12)19-16(21)10-20-8-7-11-3-1-2-4-15(11)20/h5-6,9,11,15H,1-4,7-8,10,18H2,(H,19,21). The zero-order chi connectivity index (χ0) is 14.8. The van der Waals surface area contributed by atoms with E-state index < -0.39 is 5.82 Å². The van der Waals surface area contributed by atoms with Gasteiger partial charge in [-0.25, -0.2) is 4.39 Å². The molecule has 2 atom stereocenters. The highest BCUT2D eigenvalue weighted by Gasteiger charge is 2.36. The lowest BCUT2D eigenvalue weighted by Crippen LogP contribution is -2.39. The fourth-order valence-electron chi connectivity index (χ4n) is 3.71. The van der Waals surface area contributed by atoms with Gasteiger partial charge in [0.15, 0.2) is 0 Å². The number of carbonyl (C=O) groups is 1. The van der Waals surface area contributed by atoms with Crippen LogP contribution in [-0.2, 0) is 4.79 Å². The molecular formula is C16H22FN3O. The molecular weight excluding hydrogens is 269 g/mol. The zero-order valence-electron chi connectivity index (χ0n) is 12.1. The number of nitrogen functional groups attached to an aromatic ring is 1. The predicted molar refractivity (Wildman–Crippen MR) is 81.4 cm³/mol. The second-order valence-corrected chi connectivity index (χ2v) is 6.15. The Hall–Kier alpha value is -1.62. The summed E-state index contributed by atoms with van der Waals surface area (Å²) in [5.41, 5.74) is 6.51. The summed E-state index contributed by atoms with van der Waals surface area (Å²) >= 11 is 0. The number of carbonyl (C=O) groups excluding carboxylic acids is 1. The van der Waals surface area contributed by atoms with Crippen LogP contribution in [-0.4, -0.2) is 29.9 Å². The molecule has 1 amide bonds. The van der Waals surface area contributed by atoms with Crippen molar-refractivity contribution >= 4 is 17.3 Å². The lowest BCUT2D eigenvalue weighted by Gasteiger charge is -2.31. The van der Waals surface area contributed by atoms with Gasteiger partial charge in [-0.15, -0.1) is 0 Å². The van der Waals surface area contributed by atoms with E-state index in [-0.39, 0.29) is 5.91 Å². The topological polar surface area (TPSA) is 58.4 Å². The Morgan fingerprint density at radius 3 is 3.00 bits per heavy atom. The first-order valence-electron chi connectivity index (χ1n) is 7.72. The van der Waals surface area contributed by atoms with Gasteiger partial charge in [0.1, 0.15) is 5.82 Å². The summed E-state index contributed by atoms with van der Waals surface area (Å²) in [4.78, 5) is 14.4. The number of hydrogen-bond acceptors (Lipinski definition) is 3. The summed E-state index contributed by atoms with van der Waals surface area (Å²) in [6.45, 7) is 1.36. The monoisotopic (exact) mass is 291 g/mol. The Morgan fingerprint density at radius 1 is 1.33 bits per heavy atom. The number of benzene rings is 1. The minimum Gasteiger partial charge on any atom is -0.397 e. The highest BCUT2D eigenvalue weighted by Crippen LogP contribution is 2.35. The summed E-state index contributed by atoms with van der Waals surface area (Å²) in [6.07, 6.45) is 6.26. The third-order valence-corrected chi connectivity index (χ3v) is 4.76. The van der Waals surface area contributed by atoms with E-state index >= 15 is 0 Å².